The van der Waals surface area contributed by atoms with Crippen molar-refractivity contribution in [1.29, 1.82) is 0 Å². The van der Waals surface area contributed by atoms with Crippen molar-refractivity contribution < 1.29 is 9.13 Å². The van der Waals surface area contributed by atoms with E-state index in [2.05, 4.69) is 28.2 Å². The van der Waals surface area contributed by atoms with Gasteiger partial charge < -0.3 is 10.1 Å². The second-order valence-corrected chi connectivity index (χ2v) is 5.72. The molecule has 0 radical (unpaired) electrons. The van der Waals surface area contributed by atoms with Gasteiger partial charge in [-0.3, -0.25) is 0 Å². The van der Waals surface area contributed by atoms with E-state index in [0.717, 1.165) is 23.0 Å². The van der Waals surface area contributed by atoms with Gasteiger partial charge in [-0.25, -0.2) is 4.39 Å². The maximum atomic E-state index is 14.5. The number of hydrogen-bond acceptors (Lipinski definition) is 2. The molecule has 2 aromatic carbocycles. The molecule has 0 aliphatic rings. The average Bonchev–Trinajstić information content (AvgIpc) is 2.50. The Morgan fingerprint density at radius 2 is 1.90 bits per heavy atom. The highest BCUT2D eigenvalue weighted by Crippen LogP contribution is 2.30. The summed E-state index contributed by atoms with van der Waals surface area (Å²) in [5.74, 6) is -0.0376. The molecule has 1 unspecified atom stereocenters. The summed E-state index contributed by atoms with van der Waals surface area (Å²) < 4.78 is 20.6. The zero-order valence-electron chi connectivity index (χ0n) is 12.2. The maximum Gasteiger partial charge on any atom is 0.170 e. The number of benzene rings is 2. The van der Waals surface area contributed by atoms with Crippen LogP contribution in [0.2, 0.25) is 0 Å². The van der Waals surface area contributed by atoms with Crippen LogP contribution in [0.1, 0.15) is 30.5 Å². The van der Waals surface area contributed by atoms with Gasteiger partial charge in [-0.2, -0.15) is 0 Å². The van der Waals surface area contributed by atoms with Gasteiger partial charge in [0.25, 0.3) is 0 Å². The molecule has 0 bridgehead atoms. The summed E-state index contributed by atoms with van der Waals surface area (Å²) in [5, 5.41) is 3.40. The van der Waals surface area contributed by atoms with Gasteiger partial charge in [0.15, 0.2) is 11.6 Å². The Morgan fingerprint density at radius 1 is 1.19 bits per heavy atom. The Bertz CT molecular complexity index is 586. The van der Waals surface area contributed by atoms with Crippen LogP contribution >= 0.6 is 15.9 Å². The third kappa shape index (κ3) is 3.83. The molecule has 0 aliphatic heterocycles. The Kier molecular flexibility index (Phi) is 5.76. The fraction of sp³-hybridized carbons (Fsp3) is 0.294. The smallest absolute Gasteiger partial charge is 0.170 e. The quantitative estimate of drug-likeness (QED) is 0.815. The topological polar surface area (TPSA) is 21.3 Å². The van der Waals surface area contributed by atoms with Crippen molar-refractivity contribution in [3.8, 4) is 5.75 Å². The van der Waals surface area contributed by atoms with E-state index >= 15 is 0 Å². The van der Waals surface area contributed by atoms with Crippen LogP contribution in [-0.4, -0.2) is 13.7 Å². The summed E-state index contributed by atoms with van der Waals surface area (Å²) in [6, 6.07) is 13.0. The molecule has 112 valence electrons. The summed E-state index contributed by atoms with van der Waals surface area (Å²) in [6.07, 6.45) is 0.985. The van der Waals surface area contributed by atoms with Crippen molar-refractivity contribution in [2.24, 2.45) is 0 Å². The first-order chi connectivity index (χ1) is 10.2. The molecule has 21 heavy (non-hydrogen) atoms. The van der Waals surface area contributed by atoms with Crippen LogP contribution in [0.4, 0.5) is 4.39 Å². The average molecular weight is 352 g/mol. The fourth-order valence-electron chi connectivity index (χ4n) is 2.26. The highest BCUT2D eigenvalue weighted by Gasteiger charge is 2.19. The molecule has 1 atom stereocenters. The zero-order chi connectivity index (χ0) is 15.2. The van der Waals surface area contributed by atoms with E-state index < -0.39 is 0 Å². The molecule has 2 nitrogen and oxygen atoms in total. The van der Waals surface area contributed by atoms with Crippen LogP contribution < -0.4 is 10.1 Å². The molecule has 0 heterocycles. The highest BCUT2D eigenvalue weighted by atomic mass is 79.9. The van der Waals surface area contributed by atoms with Gasteiger partial charge in [-0.15, -0.1) is 0 Å². The summed E-state index contributed by atoms with van der Waals surface area (Å²) in [4.78, 5) is 0. The molecule has 1 N–H and O–H groups in total. The van der Waals surface area contributed by atoms with E-state index in [1.54, 1.807) is 12.1 Å². The van der Waals surface area contributed by atoms with E-state index in [4.69, 9.17) is 4.74 Å². The molecule has 0 aliphatic carbocycles. The first kappa shape index (κ1) is 16.0. The molecule has 2 rings (SSSR count). The monoisotopic (exact) mass is 351 g/mol. The van der Waals surface area contributed by atoms with Gasteiger partial charge in [0.05, 0.1) is 13.2 Å². The SMILES string of the molecule is CCCNC(c1ccc(Br)cc1)c1cccc(OC)c1F. The van der Waals surface area contributed by atoms with Crippen molar-refractivity contribution >= 4 is 15.9 Å². The van der Waals surface area contributed by atoms with Gasteiger partial charge in [0, 0.05) is 10.0 Å². The van der Waals surface area contributed by atoms with Crippen molar-refractivity contribution in [1.82, 2.24) is 5.32 Å². The van der Waals surface area contributed by atoms with Crippen LogP contribution in [0.3, 0.4) is 0 Å². The molecule has 0 spiro atoms. The Balaban J connectivity index is 2.42. The molecule has 2 aromatic rings. The van der Waals surface area contributed by atoms with E-state index in [9.17, 15) is 4.39 Å². The number of ether oxygens (including phenoxy) is 1. The number of methoxy groups -OCH3 is 1. The first-order valence-electron chi connectivity index (χ1n) is 6.98. The van der Waals surface area contributed by atoms with Gasteiger partial charge in [0.1, 0.15) is 0 Å². The predicted molar refractivity (Wildman–Crippen MR) is 87.2 cm³/mol. The normalized spacial score (nSPS) is 12.2. The summed E-state index contributed by atoms with van der Waals surface area (Å²) in [5.41, 5.74) is 1.63. The minimum absolute atomic E-state index is 0.187. The fourth-order valence-corrected chi connectivity index (χ4v) is 2.52. The second kappa shape index (κ2) is 7.57. The molecule has 0 saturated carbocycles. The van der Waals surface area contributed by atoms with Crippen LogP contribution in [0.5, 0.6) is 5.75 Å². The van der Waals surface area contributed by atoms with Crippen molar-refractivity contribution in [2.45, 2.75) is 19.4 Å². The van der Waals surface area contributed by atoms with Crippen LogP contribution in [0.15, 0.2) is 46.9 Å². The number of halogens is 2. The van der Waals surface area contributed by atoms with Crippen molar-refractivity contribution in [3.63, 3.8) is 0 Å². The third-order valence-corrected chi connectivity index (χ3v) is 3.85. The van der Waals surface area contributed by atoms with Crippen molar-refractivity contribution in [3.05, 3.63) is 63.9 Å². The van der Waals surface area contributed by atoms with E-state index in [0.29, 0.717) is 5.56 Å². The van der Waals surface area contributed by atoms with Crippen molar-refractivity contribution in [2.75, 3.05) is 13.7 Å². The van der Waals surface area contributed by atoms with Gasteiger partial charge in [-0.05, 0) is 36.7 Å². The molecule has 0 fully saturated rings. The number of hydrogen-bond donors (Lipinski definition) is 1. The van der Waals surface area contributed by atoms with E-state index in [1.165, 1.54) is 7.11 Å². The molecular weight excluding hydrogens is 333 g/mol. The predicted octanol–water partition coefficient (Wildman–Crippen LogP) is 4.69. The molecule has 4 heteroatoms. The molecule has 0 amide bonds. The van der Waals surface area contributed by atoms with Gasteiger partial charge in [-0.1, -0.05) is 47.1 Å². The Labute approximate surface area is 133 Å². The van der Waals surface area contributed by atoms with Gasteiger partial charge in [0.2, 0.25) is 0 Å². The lowest BCUT2D eigenvalue weighted by molar-refractivity contribution is 0.381. The second-order valence-electron chi connectivity index (χ2n) is 4.80. The summed E-state index contributed by atoms with van der Waals surface area (Å²) in [7, 11) is 1.48. The third-order valence-electron chi connectivity index (χ3n) is 3.33. The number of rotatable bonds is 6. The van der Waals surface area contributed by atoms with E-state index in [1.807, 2.05) is 30.3 Å². The highest BCUT2D eigenvalue weighted by molar-refractivity contribution is 9.10. The minimum Gasteiger partial charge on any atom is -0.494 e. The lowest BCUT2D eigenvalue weighted by Gasteiger charge is -2.21. The largest absolute Gasteiger partial charge is 0.494 e. The van der Waals surface area contributed by atoms with Crippen LogP contribution in [0.25, 0.3) is 0 Å². The lowest BCUT2D eigenvalue weighted by Crippen LogP contribution is -2.24. The maximum absolute atomic E-state index is 14.5. The van der Waals surface area contributed by atoms with E-state index in [-0.39, 0.29) is 17.6 Å². The Morgan fingerprint density at radius 3 is 2.52 bits per heavy atom. The number of nitrogens with one attached hydrogen (secondary N) is 1. The van der Waals surface area contributed by atoms with Crippen LogP contribution in [-0.2, 0) is 0 Å². The van der Waals surface area contributed by atoms with Crippen LogP contribution in [0, 0.1) is 5.82 Å². The Hall–Kier alpha value is -1.39. The molecule has 0 saturated heterocycles. The standard InChI is InChI=1S/C17H19BrFNO/c1-3-11-20-17(12-7-9-13(18)10-8-12)14-5-4-6-15(21-2)16(14)19/h4-10,17,20H,3,11H2,1-2H3. The molecular formula is C17H19BrFNO. The molecule has 0 aromatic heterocycles. The summed E-state index contributed by atoms with van der Waals surface area (Å²) >= 11 is 3.43. The lowest BCUT2D eigenvalue weighted by atomic mass is 9.97. The van der Waals surface area contributed by atoms with Gasteiger partial charge >= 0.3 is 0 Å². The zero-order valence-corrected chi connectivity index (χ0v) is 13.8. The first-order valence-corrected chi connectivity index (χ1v) is 7.78. The summed E-state index contributed by atoms with van der Waals surface area (Å²) in [6.45, 7) is 2.91. The minimum atomic E-state index is -0.309.